The zero-order chi connectivity index (χ0) is 8.55. The van der Waals surface area contributed by atoms with Gasteiger partial charge in [-0.2, -0.15) is 0 Å². The van der Waals surface area contributed by atoms with E-state index in [1.807, 2.05) is 13.1 Å². The average Bonchev–Trinajstić information content (AvgIpc) is 2.44. The third-order valence-electron chi connectivity index (χ3n) is 2.51. The molecule has 1 saturated carbocycles. The van der Waals surface area contributed by atoms with Gasteiger partial charge in [0.2, 0.25) is 0 Å². The number of hydrogen-bond donors (Lipinski definition) is 1. The smallest absolute Gasteiger partial charge is 0.0896 e. The Morgan fingerprint density at radius 1 is 1.67 bits per heavy atom. The van der Waals surface area contributed by atoms with Crippen molar-refractivity contribution in [1.82, 2.24) is 4.98 Å². The molecule has 2 atom stereocenters. The van der Waals surface area contributed by atoms with Crippen LogP contribution >= 0.6 is 11.3 Å². The topological polar surface area (TPSA) is 33.1 Å². The molecule has 2 unspecified atom stereocenters. The van der Waals surface area contributed by atoms with Crippen LogP contribution in [0.4, 0.5) is 0 Å². The number of thiazole rings is 1. The van der Waals surface area contributed by atoms with E-state index in [1.54, 1.807) is 11.3 Å². The number of aryl methyl sites for hydroxylation is 1. The van der Waals surface area contributed by atoms with E-state index < -0.39 is 0 Å². The Morgan fingerprint density at radius 3 is 2.92 bits per heavy atom. The maximum atomic E-state index is 9.36. The summed E-state index contributed by atoms with van der Waals surface area (Å²) >= 11 is 1.75. The average molecular weight is 183 g/mol. The summed E-state index contributed by atoms with van der Waals surface area (Å²) in [6, 6.07) is 0. The number of aliphatic hydroxyl groups is 1. The highest BCUT2D eigenvalue weighted by atomic mass is 32.1. The van der Waals surface area contributed by atoms with Crippen molar-refractivity contribution >= 4 is 11.3 Å². The van der Waals surface area contributed by atoms with Crippen LogP contribution in [-0.2, 0) is 6.42 Å². The second-order valence-electron chi connectivity index (χ2n) is 3.45. The van der Waals surface area contributed by atoms with E-state index in [4.69, 9.17) is 0 Å². The lowest BCUT2D eigenvalue weighted by Crippen LogP contribution is -2.32. The fourth-order valence-corrected chi connectivity index (χ4v) is 2.44. The number of aliphatic hydroxyl groups excluding tert-OH is 1. The standard InChI is InChI=1S/C9H13NOS/c1-6-10-5-8(12-6)4-7-2-3-9(7)11/h5,7,9,11H,2-4H2,1H3. The number of hydrogen-bond acceptors (Lipinski definition) is 3. The number of rotatable bonds is 2. The molecule has 12 heavy (non-hydrogen) atoms. The molecule has 3 heteroatoms. The van der Waals surface area contributed by atoms with Gasteiger partial charge in [0.1, 0.15) is 0 Å². The van der Waals surface area contributed by atoms with E-state index in [-0.39, 0.29) is 6.10 Å². The summed E-state index contributed by atoms with van der Waals surface area (Å²) in [4.78, 5) is 5.51. The van der Waals surface area contributed by atoms with Crippen LogP contribution in [0.3, 0.4) is 0 Å². The quantitative estimate of drug-likeness (QED) is 0.758. The summed E-state index contributed by atoms with van der Waals surface area (Å²) in [5.74, 6) is 0.504. The summed E-state index contributed by atoms with van der Waals surface area (Å²) < 4.78 is 0. The van der Waals surface area contributed by atoms with Gasteiger partial charge in [0.15, 0.2) is 0 Å². The van der Waals surface area contributed by atoms with Crippen molar-refractivity contribution in [2.75, 3.05) is 0 Å². The van der Waals surface area contributed by atoms with Crippen LogP contribution in [0, 0.1) is 12.8 Å². The largest absolute Gasteiger partial charge is 0.393 e. The highest BCUT2D eigenvalue weighted by Gasteiger charge is 2.28. The zero-order valence-electron chi connectivity index (χ0n) is 7.16. The summed E-state index contributed by atoms with van der Waals surface area (Å²) in [5, 5.41) is 10.5. The molecule has 0 bridgehead atoms. The van der Waals surface area contributed by atoms with Gasteiger partial charge in [-0.1, -0.05) is 0 Å². The van der Waals surface area contributed by atoms with Gasteiger partial charge in [0, 0.05) is 11.1 Å². The van der Waals surface area contributed by atoms with Crippen molar-refractivity contribution in [3.63, 3.8) is 0 Å². The van der Waals surface area contributed by atoms with Crippen LogP contribution in [0.2, 0.25) is 0 Å². The molecule has 1 fully saturated rings. The molecule has 0 radical (unpaired) electrons. The van der Waals surface area contributed by atoms with Gasteiger partial charge in [-0.3, -0.25) is 0 Å². The van der Waals surface area contributed by atoms with Gasteiger partial charge in [0.25, 0.3) is 0 Å². The lowest BCUT2D eigenvalue weighted by Gasteiger charge is -2.31. The van der Waals surface area contributed by atoms with Crippen molar-refractivity contribution < 1.29 is 5.11 Å². The molecule has 0 amide bonds. The molecule has 1 heterocycles. The van der Waals surface area contributed by atoms with Crippen molar-refractivity contribution in [3.8, 4) is 0 Å². The van der Waals surface area contributed by atoms with Gasteiger partial charge in [-0.05, 0) is 32.1 Å². The Bertz CT molecular complexity index is 271. The number of aromatic nitrogens is 1. The summed E-state index contributed by atoms with van der Waals surface area (Å²) in [6.07, 6.45) is 5.07. The Kier molecular flexibility index (Phi) is 2.15. The first kappa shape index (κ1) is 8.20. The monoisotopic (exact) mass is 183 g/mol. The third-order valence-corrected chi connectivity index (χ3v) is 3.44. The first-order valence-corrected chi connectivity index (χ1v) is 5.17. The van der Waals surface area contributed by atoms with Crippen LogP contribution in [0.15, 0.2) is 6.20 Å². The van der Waals surface area contributed by atoms with Crippen LogP contribution < -0.4 is 0 Å². The van der Waals surface area contributed by atoms with Gasteiger partial charge < -0.3 is 5.11 Å². The highest BCUT2D eigenvalue weighted by molar-refractivity contribution is 7.11. The predicted octanol–water partition coefficient (Wildman–Crippen LogP) is 1.76. The van der Waals surface area contributed by atoms with Crippen LogP contribution in [0.25, 0.3) is 0 Å². The minimum atomic E-state index is -0.0487. The molecule has 1 aromatic heterocycles. The first-order valence-electron chi connectivity index (χ1n) is 4.35. The van der Waals surface area contributed by atoms with Gasteiger partial charge in [-0.15, -0.1) is 11.3 Å². The molecule has 1 N–H and O–H groups in total. The van der Waals surface area contributed by atoms with Crippen LogP contribution in [-0.4, -0.2) is 16.2 Å². The van der Waals surface area contributed by atoms with E-state index in [2.05, 4.69) is 4.98 Å². The molecule has 2 rings (SSSR count). The van der Waals surface area contributed by atoms with E-state index >= 15 is 0 Å². The maximum absolute atomic E-state index is 9.36. The zero-order valence-corrected chi connectivity index (χ0v) is 7.97. The fourth-order valence-electron chi connectivity index (χ4n) is 1.55. The highest BCUT2D eigenvalue weighted by Crippen LogP contribution is 2.31. The van der Waals surface area contributed by atoms with Crippen molar-refractivity contribution in [2.24, 2.45) is 5.92 Å². The maximum Gasteiger partial charge on any atom is 0.0896 e. The molecular weight excluding hydrogens is 170 g/mol. The lowest BCUT2D eigenvalue weighted by atomic mass is 9.79. The fraction of sp³-hybridized carbons (Fsp3) is 0.667. The van der Waals surface area contributed by atoms with Crippen molar-refractivity contribution in [1.29, 1.82) is 0 Å². The summed E-state index contributed by atoms with van der Waals surface area (Å²) in [7, 11) is 0. The molecule has 2 nitrogen and oxygen atoms in total. The van der Waals surface area contributed by atoms with Gasteiger partial charge >= 0.3 is 0 Å². The van der Waals surface area contributed by atoms with Crippen LogP contribution in [0.5, 0.6) is 0 Å². The third kappa shape index (κ3) is 1.52. The molecular formula is C9H13NOS. The molecule has 1 aliphatic rings. The van der Waals surface area contributed by atoms with E-state index in [0.717, 1.165) is 17.8 Å². The Hall–Kier alpha value is -0.410. The molecule has 0 aliphatic heterocycles. The van der Waals surface area contributed by atoms with E-state index in [1.165, 1.54) is 11.3 Å². The Labute approximate surface area is 76.3 Å². The first-order chi connectivity index (χ1) is 5.75. The SMILES string of the molecule is Cc1ncc(CC2CCC2O)s1. The summed E-state index contributed by atoms with van der Waals surface area (Å²) in [6.45, 7) is 2.02. The molecule has 66 valence electrons. The summed E-state index contributed by atoms with van der Waals surface area (Å²) in [5.41, 5.74) is 0. The molecule has 1 aliphatic carbocycles. The second-order valence-corrected chi connectivity index (χ2v) is 4.77. The predicted molar refractivity (Wildman–Crippen MR) is 49.3 cm³/mol. The minimum absolute atomic E-state index is 0.0487. The minimum Gasteiger partial charge on any atom is -0.393 e. The van der Waals surface area contributed by atoms with E-state index in [0.29, 0.717) is 5.92 Å². The molecule has 1 aromatic rings. The Balaban J connectivity index is 1.95. The second kappa shape index (κ2) is 3.15. The van der Waals surface area contributed by atoms with Crippen molar-refractivity contribution in [2.45, 2.75) is 32.3 Å². The van der Waals surface area contributed by atoms with Gasteiger partial charge in [-0.25, -0.2) is 4.98 Å². The number of nitrogens with zero attached hydrogens (tertiary/aromatic N) is 1. The van der Waals surface area contributed by atoms with Gasteiger partial charge in [0.05, 0.1) is 11.1 Å². The normalized spacial score (nSPS) is 28.5. The molecule has 0 saturated heterocycles. The molecule has 0 aromatic carbocycles. The Morgan fingerprint density at radius 2 is 2.50 bits per heavy atom. The molecule has 0 spiro atoms. The van der Waals surface area contributed by atoms with Crippen LogP contribution in [0.1, 0.15) is 22.7 Å². The van der Waals surface area contributed by atoms with E-state index in [9.17, 15) is 5.11 Å². The van der Waals surface area contributed by atoms with Crippen molar-refractivity contribution in [3.05, 3.63) is 16.1 Å². The lowest BCUT2D eigenvalue weighted by molar-refractivity contribution is 0.0248.